The minimum Gasteiger partial charge on any atom is -0.411 e. The monoisotopic (exact) mass is 260 g/mol. The summed E-state index contributed by atoms with van der Waals surface area (Å²) >= 11 is 0. The van der Waals surface area contributed by atoms with Gasteiger partial charge in [-0.25, -0.2) is 0 Å². The van der Waals surface area contributed by atoms with E-state index in [4.69, 9.17) is 5.21 Å². The second-order valence-corrected chi connectivity index (χ2v) is 4.58. The van der Waals surface area contributed by atoms with E-state index in [2.05, 4.69) is 12.1 Å². The summed E-state index contributed by atoms with van der Waals surface area (Å²) in [4.78, 5) is 10.4. The van der Waals surface area contributed by atoms with E-state index >= 15 is 0 Å². The summed E-state index contributed by atoms with van der Waals surface area (Å²) in [6.07, 6.45) is 3.50. The third kappa shape index (κ3) is 2.65. The Bertz CT molecular complexity index is 562. The first-order chi connectivity index (χ1) is 9.17. The molecule has 1 aromatic carbocycles. The fraction of sp³-hybridized carbons (Fsp3) is 0.357. The third-order valence-electron chi connectivity index (χ3n) is 3.32. The number of benzene rings is 1. The van der Waals surface area contributed by atoms with Gasteiger partial charge in [-0.15, -0.1) is 0 Å². The van der Waals surface area contributed by atoms with Crippen LogP contribution in [0, 0.1) is 10.1 Å². The highest BCUT2D eigenvalue weighted by atomic mass is 16.6. The number of oxime groups is 1. The van der Waals surface area contributed by atoms with Gasteiger partial charge in [0.1, 0.15) is 0 Å². The van der Waals surface area contributed by atoms with E-state index in [1.165, 1.54) is 11.6 Å². The molecule has 0 aromatic heterocycles. The zero-order chi connectivity index (χ0) is 13.8. The van der Waals surface area contributed by atoms with Gasteiger partial charge in [-0.3, -0.25) is 10.1 Å². The second kappa shape index (κ2) is 5.65. The van der Waals surface area contributed by atoms with Crippen LogP contribution < -0.4 is 0 Å². The van der Waals surface area contributed by atoms with Crippen LogP contribution in [0.1, 0.15) is 38.2 Å². The molecule has 0 heterocycles. The molecule has 0 amide bonds. The van der Waals surface area contributed by atoms with Gasteiger partial charge in [0.2, 0.25) is 0 Å². The smallest absolute Gasteiger partial charge is 0.270 e. The van der Waals surface area contributed by atoms with Crippen molar-refractivity contribution < 1.29 is 10.1 Å². The molecular formula is C14H16N2O3. The van der Waals surface area contributed by atoms with E-state index < -0.39 is 4.92 Å². The van der Waals surface area contributed by atoms with Gasteiger partial charge in [0.15, 0.2) is 0 Å². The summed E-state index contributed by atoms with van der Waals surface area (Å²) in [5.41, 5.74) is 3.56. The molecule has 5 heteroatoms. The molecule has 1 aliphatic rings. The zero-order valence-electron chi connectivity index (χ0n) is 10.8. The van der Waals surface area contributed by atoms with Crippen molar-refractivity contribution in [1.82, 2.24) is 0 Å². The van der Waals surface area contributed by atoms with Crippen molar-refractivity contribution in [3.8, 4) is 0 Å². The topological polar surface area (TPSA) is 75.7 Å². The Kier molecular flexibility index (Phi) is 3.94. The minimum atomic E-state index is -0.408. The van der Waals surface area contributed by atoms with Crippen molar-refractivity contribution in [3.63, 3.8) is 0 Å². The molecule has 0 spiro atoms. The fourth-order valence-electron chi connectivity index (χ4n) is 2.52. The molecule has 19 heavy (non-hydrogen) atoms. The lowest BCUT2D eigenvalue weighted by molar-refractivity contribution is -0.384. The quantitative estimate of drug-likeness (QED) is 0.508. The molecule has 0 atom stereocenters. The van der Waals surface area contributed by atoms with Gasteiger partial charge < -0.3 is 5.21 Å². The molecule has 0 unspecified atom stereocenters. The van der Waals surface area contributed by atoms with Crippen molar-refractivity contribution in [1.29, 1.82) is 0 Å². The lowest BCUT2D eigenvalue weighted by atomic mass is 9.98. The summed E-state index contributed by atoms with van der Waals surface area (Å²) in [6.45, 7) is 2.09. The fourth-order valence-corrected chi connectivity index (χ4v) is 2.52. The summed E-state index contributed by atoms with van der Waals surface area (Å²) in [5, 5.41) is 23.3. The molecular weight excluding hydrogens is 244 g/mol. The summed E-state index contributed by atoms with van der Waals surface area (Å²) in [7, 11) is 0. The van der Waals surface area contributed by atoms with Crippen LogP contribution in [-0.2, 0) is 0 Å². The maximum atomic E-state index is 10.8. The van der Waals surface area contributed by atoms with E-state index in [0.29, 0.717) is 12.1 Å². The lowest BCUT2D eigenvalue weighted by Gasteiger charge is -2.07. The Balaban J connectivity index is 2.50. The summed E-state index contributed by atoms with van der Waals surface area (Å²) in [5.74, 6) is 0. The van der Waals surface area contributed by atoms with Crippen LogP contribution in [0.2, 0.25) is 0 Å². The van der Waals surface area contributed by atoms with Gasteiger partial charge in [0.25, 0.3) is 5.69 Å². The number of rotatable bonds is 4. The molecule has 1 aliphatic carbocycles. The van der Waals surface area contributed by atoms with Gasteiger partial charge in [-0.05, 0) is 24.8 Å². The third-order valence-corrected chi connectivity index (χ3v) is 3.32. The molecule has 0 aliphatic heterocycles. The maximum absolute atomic E-state index is 10.8. The highest BCUT2D eigenvalue weighted by Crippen LogP contribution is 2.35. The highest BCUT2D eigenvalue weighted by molar-refractivity contribution is 6.26. The van der Waals surface area contributed by atoms with E-state index in [1.54, 1.807) is 12.1 Å². The highest BCUT2D eigenvalue weighted by Gasteiger charge is 2.23. The number of hydrogen-bond donors (Lipinski definition) is 1. The standard InChI is InChI=1S/C14H16N2O3/c1-2-4-10-7-8-13(15-17)14(10)11-5-3-6-12(9-11)16(18)19/h3,5-6,9,17H,2,4,7-8H2,1H3/b15-13-. The Morgan fingerprint density at radius 1 is 1.42 bits per heavy atom. The van der Waals surface area contributed by atoms with Crippen LogP contribution in [0.25, 0.3) is 5.57 Å². The molecule has 0 bridgehead atoms. The van der Waals surface area contributed by atoms with Crippen LogP contribution in [0.5, 0.6) is 0 Å². The van der Waals surface area contributed by atoms with Crippen LogP contribution in [0.3, 0.4) is 0 Å². The Morgan fingerprint density at radius 3 is 2.84 bits per heavy atom. The second-order valence-electron chi connectivity index (χ2n) is 4.58. The first-order valence-corrected chi connectivity index (χ1v) is 6.35. The molecule has 0 saturated heterocycles. The molecule has 1 aromatic rings. The molecule has 0 fully saturated rings. The molecule has 0 radical (unpaired) electrons. The van der Waals surface area contributed by atoms with E-state index in [1.807, 2.05) is 6.07 Å². The molecule has 1 N–H and O–H groups in total. The molecule has 0 saturated carbocycles. The van der Waals surface area contributed by atoms with E-state index in [9.17, 15) is 10.1 Å². The Morgan fingerprint density at radius 2 is 2.21 bits per heavy atom. The largest absolute Gasteiger partial charge is 0.411 e. The van der Waals surface area contributed by atoms with Gasteiger partial charge in [0.05, 0.1) is 10.6 Å². The van der Waals surface area contributed by atoms with Crippen molar-refractivity contribution >= 4 is 17.0 Å². The number of nitro groups is 1. The van der Waals surface area contributed by atoms with Crippen LogP contribution in [0.15, 0.2) is 35.0 Å². The van der Waals surface area contributed by atoms with Gasteiger partial charge >= 0.3 is 0 Å². The maximum Gasteiger partial charge on any atom is 0.270 e. The van der Waals surface area contributed by atoms with Gasteiger partial charge in [-0.1, -0.05) is 36.2 Å². The molecule has 100 valence electrons. The predicted molar refractivity (Wildman–Crippen MR) is 73.4 cm³/mol. The number of nitrogens with zero attached hydrogens (tertiary/aromatic N) is 2. The Hall–Kier alpha value is -2.17. The van der Waals surface area contributed by atoms with Crippen LogP contribution in [0.4, 0.5) is 5.69 Å². The Labute approximate surface area is 111 Å². The summed E-state index contributed by atoms with van der Waals surface area (Å²) in [6, 6.07) is 6.50. The number of non-ortho nitro benzene ring substituents is 1. The first-order valence-electron chi connectivity index (χ1n) is 6.35. The number of allylic oxidation sites excluding steroid dienone is 2. The van der Waals surface area contributed by atoms with Crippen molar-refractivity contribution in [3.05, 3.63) is 45.5 Å². The van der Waals surface area contributed by atoms with Crippen LogP contribution >= 0.6 is 0 Å². The first kappa shape index (κ1) is 13.3. The van der Waals surface area contributed by atoms with Gasteiger partial charge in [0, 0.05) is 17.7 Å². The SMILES string of the molecule is CCCC1=C(c2cccc([N+](=O)[O-])c2)/C(=N\O)CC1. The summed E-state index contributed by atoms with van der Waals surface area (Å²) < 4.78 is 0. The van der Waals surface area contributed by atoms with Crippen molar-refractivity contribution in [2.45, 2.75) is 32.6 Å². The normalized spacial score (nSPS) is 17.2. The molecule has 5 nitrogen and oxygen atoms in total. The lowest BCUT2D eigenvalue weighted by Crippen LogP contribution is -1.98. The number of hydrogen-bond acceptors (Lipinski definition) is 4. The average molecular weight is 260 g/mol. The average Bonchev–Trinajstić information content (AvgIpc) is 2.82. The van der Waals surface area contributed by atoms with E-state index in [-0.39, 0.29) is 5.69 Å². The minimum absolute atomic E-state index is 0.0602. The van der Waals surface area contributed by atoms with Crippen molar-refractivity contribution in [2.24, 2.45) is 5.16 Å². The predicted octanol–water partition coefficient (Wildman–Crippen LogP) is 3.77. The van der Waals surface area contributed by atoms with Crippen molar-refractivity contribution in [2.75, 3.05) is 0 Å². The molecule has 2 rings (SSSR count). The number of nitro benzene ring substituents is 1. The van der Waals surface area contributed by atoms with E-state index in [0.717, 1.165) is 30.4 Å². The van der Waals surface area contributed by atoms with Crippen LogP contribution in [-0.4, -0.2) is 15.8 Å². The zero-order valence-corrected chi connectivity index (χ0v) is 10.8. The van der Waals surface area contributed by atoms with Gasteiger partial charge in [-0.2, -0.15) is 0 Å².